The van der Waals surface area contributed by atoms with Gasteiger partial charge in [0, 0.05) is 16.4 Å². The summed E-state index contributed by atoms with van der Waals surface area (Å²) in [7, 11) is 0. The van der Waals surface area contributed by atoms with Gasteiger partial charge in [0.1, 0.15) is 5.56 Å². The molecule has 25 heavy (non-hydrogen) atoms. The molecule has 0 aliphatic carbocycles. The van der Waals surface area contributed by atoms with Crippen LogP contribution in [-0.2, 0) is 6.54 Å². The van der Waals surface area contributed by atoms with Crippen LogP contribution in [0.5, 0.6) is 5.75 Å². The summed E-state index contributed by atoms with van der Waals surface area (Å²) in [4.78, 5) is 24.6. The number of rotatable bonds is 5. The highest BCUT2D eigenvalue weighted by Gasteiger charge is 2.16. The maximum absolute atomic E-state index is 12.4. The summed E-state index contributed by atoms with van der Waals surface area (Å²) in [5.74, 6) is -0.0161. The van der Waals surface area contributed by atoms with Crippen molar-refractivity contribution >= 4 is 32.8 Å². The first-order chi connectivity index (χ1) is 12.1. The lowest BCUT2D eigenvalue weighted by molar-refractivity contribution is 0.0947. The van der Waals surface area contributed by atoms with Crippen LogP contribution in [0.3, 0.4) is 0 Å². The highest BCUT2D eigenvalue weighted by atomic mass is 79.9. The van der Waals surface area contributed by atoms with Crippen LogP contribution in [0.1, 0.15) is 22.8 Å². The van der Waals surface area contributed by atoms with Gasteiger partial charge in [0.25, 0.3) is 5.91 Å². The molecule has 1 aromatic heterocycles. The summed E-state index contributed by atoms with van der Waals surface area (Å²) < 4.78 is 11.6. The fraction of sp³-hybridized carbons (Fsp3) is 0.158. The molecule has 0 saturated carbocycles. The molecule has 3 rings (SSSR count). The first kappa shape index (κ1) is 17.2. The van der Waals surface area contributed by atoms with Crippen LogP contribution in [-0.4, -0.2) is 12.5 Å². The van der Waals surface area contributed by atoms with Crippen molar-refractivity contribution in [1.82, 2.24) is 5.32 Å². The van der Waals surface area contributed by atoms with Crippen molar-refractivity contribution in [2.24, 2.45) is 0 Å². The van der Waals surface area contributed by atoms with E-state index in [1.54, 1.807) is 12.1 Å². The molecule has 0 radical (unpaired) electrons. The van der Waals surface area contributed by atoms with Crippen molar-refractivity contribution in [1.29, 1.82) is 0 Å². The zero-order valence-electron chi connectivity index (χ0n) is 13.5. The second-order valence-electron chi connectivity index (χ2n) is 5.37. The van der Waals surface area contributed by atoms with Gasteiger partial charge in [0.15, 0.2) is 11.3 Å². The minimum absolute atomic E-state index is 0.0380. The molecule has 6 heteroatoms. The van der Waals surface area contributed by atoms with Crippen LogP contribution in [0.25, 0.3) is 11.0 Å². The van der Waals surface area contributed by atoms with Gasteiger partial charge in [0.2, 0.25) is 0 Å². The minimum Gasteiger partial charge on any atom is -0.490 e. The van der Waals surface area contributed by atoms with Crippen molar-refractivity contribution in [3.05, 3.63) is 74.6 Å². The van der Waals surface area contributed by atoms with Gasteiger partial charge < -0.3 is 14.5 Å². The van der Waals surface area contributed by atoms with Crippen molar-refractivity contribution < 1.29 is 13.9 Å². The van der Waals surface area contributed by atoms with Crippen LogP contribution in [0.4, 0.5) is 0 Å². The van der Waals surface area contributed by atoms with Gasteiger partial charge in [0.05, 0.1) is 6.61 Å². The van der Waals surface area contributed by atoms with E-state index in [4.69, 9.17) is 9.15 Å². The number of carbonyl (C=O) groups is 1. The third-order valence-electron chi connectivity index (χ3n) is 3.60. The van der Waals surface area contributed by atoms with E-state index in [0.29, 0.717) is 29.9 Å². The van der Waals surface area contributed by atoms with E-state index in [2.05, 4.69) is 21.2 Å². The molecule has 0 bridgehead atoms. The Hall–Kier alpha value is -2.60. The van der Waals surface area contributed by atoms with Gasteiger partial charge in [-0.1, -0.05) is 46.3 Å². The number of hydrogen-bond acceptors (Lipinski definition) is 4. The fourth-order valence-electron chi connectivity index (χ4n) is 2.46. The molecule has 0 unspecified atom stereocenters. The monoisotopic (exact) mass is 401 g/mol. The lowest BCUT2D eigenvalue weighted by Gasteiger charge is -2.09. The number of nitrogens with one attached hydrogen (secondary N) is 1. The molecule has 5 nitrogen and oxygen atoms in total. The Morgan fingerprint density at radius 2 is 1.96 bits per heavy atom. The van der Waals surface area contributed by atoms with Gasteiger partial charge in [-0.15, -0.1) is 0 Å². The van der Waals surface area contributed by atoms with Crippen LogP contribution in [0.15, 0.2) is 62.2 Å². The largest absolute Gasteiger partial charge is 0.490 e. The third-order valence-corrected chi connectivity index (χ3v) is 4.06. The van der Waals surface area contributed by atoms with Gasteiger partial charge in [-0.3, -0.25) is 4.79 Å². The summed E-state index contributed by atoms with van der Waals surface area (Å²) in [5, 5.41) is 3.35. The molecule has 0 fully saturated rings. The number of ether oxygens (including phenoxy) is 1. The van der Waals surface area contributed by atoms with Crippen LogP contribution in [0.2, 0.25) is 0 Å². The second kappa shape index (κ2) is 7.53. The number of carbonyl (C=O) groups excluding carboxylic acids is 1. The van der Waals surface area contributed by atoms with E-state index in [1.165, 1.54) is 6.07 Å². The quantitative estimate of drug-likeness (QED) is 0.658. The Bertz CT molecular complexity index is 966. The molecule has 0 aliphatic rings. The maximum Gasteiger partial charge on any atom is 0.349 e. The molecule has 0 saturated heterocycles. The predicted molar refractivity (Wildman–Crippen MR) is 99.0 cm³/mol. The number of amides is 1. The zero-order chi connectivity index (χ0) is 17.8. The fourth-order valence-corrected chi connectivity index (χ4v) is 2.92. The van der Waals surface area contributed by atoms with Gasteiger partial charge >= 0.3 is 5.63 Å². The van der Waals surface area contributed by atoms with Crippen LogP contribution in [0, 0.1) is 0 Å². The number of hydrogen-bond donors (Lipinski definition) is 1. The van der Waals surface area contributed by atoms with E-state index in [0.717, 1.165) is 10.0 Å². The van der Waals surface area contributed by atoms with Crippen LogP contribution < -0.4 is 15.7 Å². The summed E-state index contributed by atoms with van der Waals surface area (Å²) in [6.45, 7) is 2.62. The Morgan fingerprint density at radius 1 is 1.20 bits per heavy atom. The summed E-state index contributed by atoms with van der Waals surface area (Å²) in [5.41, 5.74) is 0.544. The molecule has 3 aromatic rings. The van der Waals surface area contributed by atoms with Crippen molar-refractivity contribution in [2.75, 3.05) is 6.61 Å². The topological polar surface area (TPSA) is 68.5 Å². The molecule has 128 valence electrons. The van der Waals surface area contributed by atoms with E-state index in [1.807, 2.05) is 37.3 Å². The highest BCUT2D eigenvalue weighted by molar-refractivity contribution is 9.10. The molecule has 1 heterocycles. The van der Waals surface area contributed by atoms with Gasteiger partial charge in [-0.2, -0.15) is 0 Å². The number of benzene rings is 2. The molecule has 0 aliphatic heterocycles. The first-order valence-electron chi connectivity index (χ1n) is 7.81. The standard InChI is InChI=1S/C19H16BrNO4/c1-2-24-16-10-14(20)8-13-9-15(19(23)25-17(13)16)18(22)21-11-12-6-4-3-5-7-12/h3-10H,2,11H2,1H3,(H,21,22). The van der Waals surface area contributed by atoms with E-state index in [9.17, 15) is 9.59 Å². The maximum atomic E-state index is 12.4. The number of fused-ring (bicyclic) bond motifs is 1. The Labute approximate surface area is 152 Å². The average molecular weight is 402 g/mol. The van der Waals surface area contributed by atoms with Crippen molar-refractivity contribution in [3.8, 4) is 5.75 Å². The van der Waals surface area contributed by atoms with Crippen molar-refractivity contribution in [2.45, 2.75) is 13.5 Å². The van der Waals surface area contributed by atoms with Crippen molar-refractivity contribution in [3.63, 3.8) is 0 Å². The molecular formula is C19H16BrNO4. The molecule has 0 atom stereocenters. The van der Waals surface area contributed by atoms with Gasteiger partial charge in [-0.05, 0) is 30.7 Å². The Balaban J connectivity index is 1.92. The molecule has 1 amide bonds. The Morgan fingerprint density at radius 3 is 2.68 bits per heavy atom. The van der Waals surface area contributed by atoms with Crippen LogP contribution >= 0.6 is 15.9 Å². The smallest absolute Gasteiger partial charge is 0.349 e. The zero-order valence-corrected chi connectivity index (χ0v) is 15.1. The predicted octanol–water partition coefficient (Wildman–Crippen LogP) is 3.88. The second-order valence-corrected chi connectivity index (χ2v) is 6.29. The molecule has 1 N–H and O–H groups in total. The molecular weight excluding hydrogens is 386 g/mol. The lowest BCUT2D eigenvalue weighted by Crippen LogP contribution is -2.27. The number of halogens is 1. The summed E-state index contributed by atoms with van der Waals surface area (Å²) in [6, 6.07) is 14.5. The summed E-state index contributed by atoms with van der Waals surface area (Å²) >= 11 is 3.39. The Kier molecular flexibility index (Phi) is 5.19. The van der Waals surface area contributed by atoms with E-state index in [-0.39, 0.29) is 5.56 Å². The lowest BCUT2D eigenvalue weighted by atomic mass is 10.1. The summed E-state index contributed by atoms with van der Waals surface area (Å²) in [6.07, 6.45) is 0. The molecule has 2 aromatic carbocycles. The molecule has 0 spiro atoms. The minimum atomic E-state index is -0.693. The van der Waals surface area contributed by atoms with E-state index >= 15 is 0 Å². The SMILES string of the molecule is CCOc1cc(Br)cc2cc(C(=O)NCc3ccccc3)c(=O)oc12. The van der Waals surface area contributed by atoms with E-state index < -0.39 is 11.5 Å². The average Bonchev–Trinajstić information content (AvgIpc) is 2.61. The normalized spacial score (nSPS) is 10.6. The highest BCUT2D eigenvalue weighted by Crippen LogP contribution is 2.29. The first-order valence-corrected chi connectivity index (χ1v) is 8.60. The van der Waals surface area contributed by atoms with Gasteiger partial charge in [-0.25, -0.2) is 4.79 Å². The third kappa shape index (κ3) is 3.91.